The van der Waals surface area contributed by atoms with E-state index >= 15 is 0 Å². The molecule has 1 aromatic carbocycles. The van der Waals surface area contributed by atoms with Gasteiger partial charge in [-0.2, -0.15) is 0 Å². The minimum atomic E-state index is -0.478. The molecule has 1 aliphatic heterocycles. The van der Waals surface area contributed by atoms with Crippen LogP contribution in [-0.4, -0.2) is 22.0 Å². The lowest BCUT2D eigenvalue weighted by molar-refractivity contribution is -0.124. The molecular formula is C20H21N3O2S. The first-order valence-electron chi connectivity index (χ1n) is 8.90. The van der Waals surface area contributed by atoms with Gasteiger partial charge in [0.1, 0.15) is 10.9 Å². The van der Waals surface area contributed by atoms with Crippen LogP contribution in [0.25, 0.3) is 21.3 Å². The number of thiophene rings is 1. The number of aryl methyl sites for hydroxylation is 2. The molecular weight excluding hydrogens is 346 g/mol. The predicted molar refractivity (Wildman–Crippen MR) is 105 cm³/mol. The van der Waals surface area contributed by atoms with E-state index in [2.05, 4.69) is 28.5 Å². The molecule has 0 radical (unpaired) electrons. The van der Waals surface area contributed by atoms with Gasteiger partial charge in [-0.15, -0.1) is 11.3 Å². The third-order valence-corrected chi connectivity index (χ3v) is 5.93. The summed E-state index contributed by atoms with van der Waals surface area (Å²) in [6.45, 7) is 4.77. The zero-order valence-electron chi connectivity index (χ0n) is 14.9. The van der Waals surface area contributed by atoms with Crippen LogP contribution in [0.2, 0.25) is 0 Å². The average molecular weight is 367 g/mol. The fourth-order valence-corrected chi connectivity index (χ4v) is 4.48. The van der Waals surface area contributed by atoms with Crippen molar-refractivity contribution in [3.8, 4) is 11.1 Å². The summed E-state index contributed by atoms with van der Waals surface area (Å²) >= 11 is 1.47. The molecule has 0 aliphatic carbocycles. The highest BCUT2D eigenvalue weighted by molar-refractivity contribution is 7.17. The number of hydrogen-bond acceptors (Lipinski definition) is 4. The number of benzene rings is 1. The third kappa shape index (κ3) is 2.84. The van der Waals surface area contributed by atoms with Crippen LogP contribution < -0.4 is 10.9 Å². The van der Waals surface area contributed by atoms with Gasteiger partial charge in [0.15, 0.2) is 0 Å². The van der Waals surface area contributed by atoms with E-state index in [4.69, 9.17) is 0 Å². The molecule has 0 saturated carbocycles. The molecule has 5 nitrogen and oxygen atoms in total. The van der Waals surface area contributed by atoms with E-state index in [1.807, 2.05) is 19.2 Å². The molecule has 134 valence electrons. The maximum Gasteiger partial charge on any atom is 0.263 e. The van der Waals surface area contributed by atoms with Gasteiger partial charge in [-0.3, -0.25) is 14.2 Å². The maximum absolute atomic E-state index is 13.3. The Morgan fingerprint density at radius 3 is 2.88 bits per heavy atom. The van der Waals surface area contributed by atoms with Crippen LogP contribution in [0.1, 0.15) is 36.4 Å². The van der Waals surface area contributed by atoms with Crippen LogP contribution in [0, 0.1) is 13.8 Å². The number of aromatic nitrogens is 2. The number of amides is 1. The number of hydrogen-bond donors (Lipinski definition) is 1. The highest BCUT2D eigenvalue weighted by Gasteiger charge is 2.25. The van der Waals surface area contributed by atoms with Crippen molar-refractivity contribution in [2.24, 2.45) is 0 Å². The molecule has 1 fully saturated rings. The molecule has 0 spiro atoms. The molecule has 0 bridgehead atoms. The molecule has 26 heavy (non-hydrogen) atoms. The van der Waals surface area contributed by atoms with Crippen molar-refractivity contribution < 1.29 is 4.79 Å². The molecule has 1 aliphatic rings. The number of fused-ring (bicyclic) bond motifs is 1. The molecule has 0 unspecified atom stereocenters. The Morgan fingerprint density at radius 1 is 1.19 bits per heavy atom. The monoisotopic (exact) mass is 367 g/mol. The van der Waals surface area contributed by atoms with Gasteiger partial charge in [0.25, 0.3) is 5.56 Å². The van der Waals surface area contributed by atoms with E-state index in [1.165, 1.54) is 22.2 Å². The Kier molecular flexibility index (Phi) is 4.36. The Hall–Kier alpha value is -2.47. The zero-order chi connectivity index (χ0) is 18.3. The maximum atomic E-state index is 13.3. The van der Waals surface area contributed by atoms with E-state index < -0.39 is 6.04 Å². The first kappa shape index (κ1) is 17.0. The largest absolute Gasteiger partial charge is 0.354 e. The van der Waals surface area contributed by atoms with Crippen LogP contribution in [0.15, 0.2) is 34.7 Å². The summed E-state index contributed by atoms with van der Waals surface area (Å²) in [6.07, 6.45) is 4.06. The first-order chi connectivity index (χ1) is 12.6. The summed E-state index contributed by atoms with van der Waals surface area (Å²) in [6, 6.07) is 5.77. The molecule has 1 N–H and O–H groups in total. The van der Waals surface area contributed by atoms with Gasteiger partial charge in [0.2, 0.25) is 5.91 Å². The average Bonchev–Trinajstić information content (AvgIpc) is 2.94. The molecule has 2 aromatic heterocycles. The topological polar surface area (TPSA) is 64.0 Å². The SMILES string of the molecule is Cc1ccc(C)c(-c2csc3ncn([C@@H]4CCCCNC4=O)c(=O)c23)c1. The molecule has 1 atom stereocenters. The van der Waals surface area contributed by atoms with Crippen LogP contribution in [-0.2, 0) is 4.79 Å². The second kappa shape index (κ2) is 6.68. The summed E-state index contributed by atoms with van der Waals surface area (Å²) in [7, 11) is 0. The number of carbonyl (C=O) groups is 1. The molecule has 1 amide bonds. The van der Waals surface area contributed by atoms with Gasteiger partial charge in [-0.1, -0.05) is 23.8 Å². The molecule has 3 heterocycles. The van der Waals surface area contributed by atoms with Gasteiger partial charge >= 0.3 is 0 Å². The Bertz CT molecular complexity index is 1050. The first-order valence-corrected chi connectivity index (χ1v) is 9.78. The van der Waals surface area contributed by atoms with Crippen LogP contribution in [0.3, 0.4) is 0 Å². The van der Waals surface area contributed by atoms with Gasteiger partial charge in [-0.05, 0) is 44.2 Å². The summed E-state index contributed by atoms with van der Waals surface area (Å²) in [5, 5.41) is 5.51. The molecule has 3 aromatic rings. The summed E-state index contributed by atoms with van der Waals surface area (Å²) in [4.78, 5) is 30.9. The van der Waals surface area contributed by atoms with Crippen molar-refractivity contribution >= 4 is 27.5 Å². The van der Waals surface area contributed by atoms with Crippen molar-refractivity contribution in [1.29, 1.82) is 0 Å². The van der Waals surface area contributed by atoms with Crippen molar-refractivity contribution in [2.45, 2.75) is 39.2 Å². The summed E-state index contributed by atoms with van der Waals surface area (Å²) in [5.41, 5.74) is 4.11. The predicted octanol–water partition coefficient (Wildman–Crippen LogP) is 3.58. The minimum absolute atomic E-state index is 0.0886. The fourth-order valence-electron chi connectivity index (χ4n) is 3.58. The highest BCUT2D eigenvalue weighted by atomic mass is 32.1. The Morgan fingerprint density at radius 2 is 2.04 bits per heavy atom. The standard InChI is InChI=1S/C20H21N3O2S/c1-12-6-7-13(2)14(9-12)15-10-26-19-17(15)20(25)23(11-22-19)16-5-3-4-8-21-18(16)24/h6-7,9-11,16H,3-5,8H2,1-2H3,(H,21,24)/t16-/m1/s1. The smallest absolute Gasteiger partial charge is 0.263 e. The lowest BCUT2D eigenvalue weighted by atomic mass is 9.99. The number of rotatable bonds is 2. The minimum Gasteiger partial charge on any atom is -0.354 e. The summed E-state index contributed by atoms with van der Waals surface area (Å²) in [5.74, 6) is -0.0886. The van der Waals surface area contributed by atoms with Crippen LogP contribution in [0.4, 0.5) is 0 Å². The Balaban J connectivity index is 1.91. The number of nitrogens with zero attached hydrogens (tertiary/aromatic N) is 2. The van der Waals surface area contributed by atoms with Gasteiger partial charge in [-0.25, -0.2) is 4.98 Å². The van der Waals surface area contributed by atoms with Crippen LogP contribution >= 0.6 is 11.3 Å². The van der Waals surface area contributed by atoms with E-state index in [0.29, 0.717) is 18.4 Å². The van der Waals surface area contributed by atoms with E-state index in [1.54, 1.807) is 0 Å². The van der Waals surface area contributed by atoms with Crippen molar-refractivity contribution in [2.75, 3.05) is 6.54 Å². The lowest BCUT2D eigenvalue weighted by Crippen LogP contribution is -2.36. The zero-order valence-corrected chi connectivity index (χ0v) is 15.7. The fraction of sp³-hybridized carbons (Fsp3) is 0.350. The van der Waals surface area contributed by atoms with Crippen molar-refractivity contribution in [3.05, 3.63) is 51.4 Å². The molecule has 1 saturated heterocycles. The third-order valence-electron chi connectivity index (χ3n) is 5.04. The van der Waals surface area contributed by atoms with Gasteiger partial charge in [0.05, 0.1) is 11.7 Å². The van der Waals surface area contributed by atoms with Gasteiger partial charge < -0.3 is 5.32 Å². The quantitative estimate of drug-likeness (QED) is 0.753. The molecule has 4 rings (SSSR count). The van der Waals surface area contributed by atoms with E-state index in [9.17, 15) is 9.59 Å². The highest BCUT2D eigenvalue weighted by Crippen LogP contribution is 2.33. The number of carbonyl (C=O) groups excluding carboxylic acids is 1. The lowest BCUT2D eigenvalue weighted by Gasteiger charge is -2.16. The normalized spacial score (nSPS) is 17.9. The second-order valence-electron chi connectivity index (χ2n) is 6.91. The van der Waals surface area contributed by atoms with Gasteiger partial charge in [0, 0.05) is 17.5 Å². The summed E-state index contributed by atoms with van der Waals surface area (Å²) < 4.78 is 1.52. The van der Waals surface area contributed by atoms with Crippen molar-refractivity contribution in [1.82, 2.24) is 14.9 Å². The Labute approximate surface area is 155 Å². The van der Waals surface area contributed by atoms with Crippen LogP contribution in [0.5, 0.6) is 0 Å². The van der Waals surface area contributed by atoms with E-state index in [0.717, 1.165) is 39.9 Å². The van der Waals surface area contributed by atoms with Crippen molar-refractivity contribution in [3.63, 3.8) is 0 Å². The number of nitrogens with one attached hydrogen (secondary N) is 1. The second-order valence-corrected chi connectivity index (χ2v) is 7.77. The van der Waals surface area contributed by atoms with E-state index in [-0.39, 0.29) is 11.5 Å². The molecule has 6 heteroatoms.